The first-order valence-electron chi connectivity index (χ1n) is 7.67. The zero-order valence-electron chi connectivity index (χ0n) is 13.6. The molecule has 6 heteroatoms. The van der Waals surface area contributed by atoms with Crippen molar-refractivity contribution < 1.29 is 19.4 Å². The predicted octanol–water partition coefficient (Wildman–Crippen LogP) is 4.39. The van der Waals surface area contributed by atoms with Gasteiger partial charge in [-0.25, -0.2) is 9.78 Å². The van der Waals surface area contributed by atoms with Gasteiger partial charge in [0.2, 0.25) is 0 Å². The summed E-state index contributed by atoms with van der Waals surface area (Å²) in [4.78, 5) is 15.8. The number of hydrogen-bond donors (Lipinski definition) is 1. The molecule has 0 radical (unpaired) electrons. The fourth-order valence-electron chi connectivity index (χ4n) is 2.07. The van der Waals surface area contributed by atoms with E-state index in [1.807, 2.05) is 25.1 Å². The largest absolute Gasteiger partial charge is 0.490 e. The van der Waals surface area contributed by atoms with Crippen molar-refractivity contribution in [2.75, 3.05) is 13.2 Å². The number of carboxylic acid groups (broad SMARTS) is 1. The second kappa shape index (κ2) is 7.97. The molecule has 0 amide bonds. The number of aromatic carboxylic acids is 1. The van der Waals surface area contributed by atoms with E-state index in [9.17, 15) is 4.79 Å². The summed E-state index contributed by atoms with van der Waals surface area (Å²) in [6, 6.07) is 5.59. The Morgan fingerprint density at radius 2 is 2.04 bits per heavy atom. The Morgan fingerprint density at radius 3 is 2.65 bits per heavy atom. The lowest BCUT2D eigenvalue weighted by molar-refractivity contribution is 0.0701. The molecule has 1 aromatic carbocycles. The van der Waals surface area contributed by atoms with E-state index < -0.39 is 5.97 Å². The van der Waals surface area contributed by atoms with Crippen LogP contribution in [0, 0.1) is 6.92 Å². The van der Waals surface area contributed by atoms with Gasteiger partial charge in [-0.1, -0.05) is 13.3 Å². The van der Waals surface area contributed by atoms with Crippen LogP contribution in [0.2, 0.25) is 0 Å². The molecule has 1 N–H and O–H groups in total. The van der Waals surface area contributed by atoms with Crippen LogP contribution in [-0.2, 0) is 0 Å². The van der Waals surface area contributed by atoms with Crippen LogP contribution in [-0.4, -0.2) is 29.3 Å². The average molecular weight is 335 g/mol. The van der Waals surface area contributed by atoms with Crippen molar-refractivity contribution in [2.45, 2.75) is 33.6 Å². The molecule has 0 saturated carbocycles. The quantitative estimate of drug-likeness (QED) is 0.724. The highest BCUT2D eigenvalue weighted by molar-refractivity contribution is 7.17. The number of nitrogens with zero attached hydrogens (tertiary/aromatic N) is 1. The SMILES string of the molecule is CCCCOc1ccc(-c2nc(C)c(C(=O)O)s2)cc1OCC. The minimum Gasteiger partial charge on any atom is -0.490 e. The summed E-state index contributed by atoms with van der Waals surface area (Å²) in [7, 11) is 0. The Hall–Kier alpha value is -2.08. The Kier molecular flexibility index (Phi) is 5.98. The molecule has 23 heavy (non-hydrogen) atoms. The van der Waals surface area contributed by atoms with Gasteiger partial charge in [0.05, 0.1) is 18.9 Å². The van der Waals surface area contributed by atoms with Gasteiger partial charge in [0.25, 0.3) is 0 Å². The molecular formula is C17H21NO4S. The summed E-state index contributed by atoms with van der Waals surface area (Å²) in [6.45, 7) is 6.91. The maximum atomic E-state index is 11.2. The number of carboxylic acids is 1. The van der Waals surface area contributed by atoms with Crippen molar-refractivity contribution in [3.8, 4) is 22.1 Å². The first-order chi connectivity index (χ1) is 11.1. The van der Waals surface area contributed by atoms with Crippen molar-refractivity contribution in [1.82, 2.24) is 4.98 Å². The van der Waals surface area contributed by atoms with Gasteiger partial charge in [0, 0.05) is 5.56 Å². The molecule has 5 nitrogen and oxygen atoms in total. The van der Waals surface area contributed by atoms with Crippen LogP contribution in [0.15, 0.2) is 18.2 Å². The monoisotopic (exact) mass is 335 g/mol. The van der Waals surface area contributed by atoms with E-state index >= 15 is 0 Å². The van der Waals surface area contributed by atoms with Crippen LogP contribution in [0.3, 0.4) is 0 Å². The Morgan fingerprint density at radius 1 is 1.26 bits per heavy atom. The fraction of sp³-hybridized carbons (Fsp3) is 0.412. The summed E-state index contributed by atoms with van der Waals surface area (Å²) >= 11 is 1.17. The second-order valence-electron chi connectivity index (χ2n) is 5.04. The molecule has 0 saturated heterocycles. The molecule has 0 aliphatic carbocycles. The van der Waals surface area contributed by atoms with Gasteiger partial charge >= 0.3 is 5.97 Å². The summed E-state index contributed by atoms with van der Waals surface area (Å²) in [5, 5.41) is 9.82. The lowest BCUT2D eigenvalue weighted by Gasteiger charge is -2.12. The number of aryl methyl sites for hydroxylation is 1. The van der Waals surface area contributed by atoms with Crippen molar-refractivity contribution in [1.29, 1.82) is 0 Å². The van der Waals surface area contributed by atoms with Crippen molar-refractivity contribution >= 4 is 17.3 Å². The van der Waals surface area contributed by atoms with Crippen molar-refractivity contribution in [3.63, 3.8) is 0 Å². The molecule has 0 spiro atoms. The van der Waals surface area contributed by atoms with E-state index in [4.69, 9.17) is 14.6 Å². The smallest absolute Gasteiger partial charge is 0.347 e. The number of aromatic nitrogens is 1. The number of ether oxygens (including phenoxy) is 2. The summed E-state index contributed by atoms with van der Waals surface area (Å²) in [6.07, 6.45) is 2.05. The third-order valence-corrected chi connectivity index (χ3v) is 4.43. The van der Waals surface area contributed by atoms with Crippen LogP contribution in [0.4, 0.5) is 0 Å². The highest BCUT2D eigenvalue weighted by atomic mass is 32.1. The minimum atomic E-state index is -0.948. The minimum absolute atomic E-state index is 0.265. The lowest BCUT2D eigenvalue weighted by atomic mass is 10.2. The number of unbranched alkanes of at least 4 members (excludes halogenated alkanes) is 1. The highest BCUT2D eigenvalue weighted by Gasteiger charge is 2.16. The molecular weight excluding hydrogens is 314 g/mol. The van der Waals surface area contributed by atoms with Gasteiger partial charge in [-0.05, 0) is 38.5 Å². The molecule has 1 heterocycles. The molecule has 2 aromatic rings. The Labute approximate surface area is 139 Å². The van der Waals surface area contributed by atoms with Crippen LogP contribution in [0.5, 0.6) is 11.5 Å². The van der Waals surface area contributed by atoms with E-state index in [-0.39, 0.29) is 4.88 Å². The van der Waals surface area contributed by atoms with Crippen molar-refractivity contribution in [2.24, 2.45) is 0 Å². The summed E-state index contributed by atoms with van der Waals surface area (Å²) < 4.78 is 11.4. The van der Waals surface area contributed by atoms with Crippen LogP contribution in [0.25, 0.3) is 10.6 Å². The van der Waals surface area contributed by atoms with Gasteiger partial charge in [-0.3, -0.25) is 0 Å². The maximum absolute atomic E-state index is 11.2. The topological polar surface area (TPSA) is 68.7 Å². The molecule has 1 aromatic heterocycles. The van der Waals surface area contributed by atoms with E-state index in [0.29, 0.717) is 35.4 Å². The van der Waals surface area contributed by atoms with Crippen LogP contribution < -0.4 is 9.47 Å². The molecule has 0 bridgehead atoms. The third-order valence-electron chi connectivity index (χ3n) is 3.24. The van der Waals surface area contributed by atoms with Gasteiger partial charge in [-0.15, -0.1) is 11.3 Å². The van der Waals surface area contributed by atoms with Crippen LogP contribution >= 0.6 is 11.3 Å². The lowest BCUT2D eigenvalue weighted by Crippen LogP contribution is -2.00. The number of hydrogen-bond acceptors (Lipinski definition) is 5. The first-order valence-corrected chi connectivity index (χ1v) is 8.49. The van der Waals surface area contributed by atoms with Gasteiger partial charge in [0.15, 0.2) is 11.5 Å². The predicted molar refractivity (Wildman–Crippen MR) is 90.8 cm³/mol. The second-order valence-corrected chi connectivity index (χ2v) is 6.03. The van der Waals surface area contributed by atoms with E-state index in [2.05, 4.69) is 11.9 Å². The normalized spacial score (nSPS) is 10.6. The molecule has 2 rings (SSSR count). The Balaban J connectivity index is 2.31. The molecule has 124 valence electrons. The number of thiazole rings is 1. The van der Waals surface area contributed by atoms with Gasteiger partial charge < -0.3 is 14.6 Å². The fourth-order valence-corrected chi connectivity index (χ4v) is 2.97. The standard InChI is InChI=1S/C17H21NO4S/c1-4-6-9-22-13-8-7-12(10-14(13)21-5-2)16-18-11(3)15(23-16)17(19)20/h7-8,10H,4-6,9H2,1-3H3,(H,19,20). The number of benzene rings is 1. The van der Waals surface area contributed by atoms with E-state index in [1.54, 1.807) is 6.92 Å². The van der Waals surface area contributed by atoms with E-state index in [0.717, 1.165) is 18.4 Å². The highest BCUT2D eigenvalue weighted by Crippen LogP contribution is 2.35. The molecule has 0 aliphatic heterocycles. The third kappa shape index (κ3) is 4.22. The average Bonchev–Trinajstić information content (AvgIpc) is 2.91. The number of rotatable bonds is 8. The van der Waals surface area contributed by atoms with E-state index in [1.165, 1.54) is 11.3 Å². The zero-order chi connectivity index (χ0) is 16.8. The maximum Gasteiger partial charge on any atom is 0.347 e. The molecule has 0 atom stereocenters. The Bertz CT molecular complexity index is 681. The molecule has 0 unspecified atom stereocenters. The molecule has 0 aliphatic rings. The van der Waals surface area contributed by atoms with Crippen LogP contribution in [0.1, 0.15) is 42.1 Å². The van der Waals surface area contributed by atoms with Crippen molar-refractivity contribution in [3.05, 3.63) is 28.8 Å². The van der Waals surface area contributed by atoms with Gasteiger partial charge in [-0.2, -0.15) is 0 Å². The number of carbonyl (C=O) groups is 1. The first kappa shape index (κ1) is 17.3. The van der Waals surface area contributed by atoms with Gasteiger partial charge in [0.1, 0.15) is 9.88 Å². The zero-order valence-corrected chi connectivity index (χ0v) is 14.4. The molecule has 0 fully saturated rings. The summed E-state index contributed by atoms with van der Waals surface area (Å²) in [5.74, 6) is 0.414. The summed E-state index contributed by atoms with van der Waals surface area (Å²) in [5.41, 5.74) is 1.36.